The summed E-state index contributed by atoms with van der Waals surface area (Å²) in [7, 11) is 3.24. The highest BCUT2D eigenvalue weighted by Gasteiger charge is 2.35. The highest BCUT2D eigenvalue weighted by Crippen LogP contribution is 2.31. The lowest BCUT2D eigenvalue weighted by Gasteiger charge is -2.29. The molecule has 0 spiro atoms. The van der Waals surface area contributed by atoms with Gasteiger partial charge < -0.3 is 23.7 Å². The maximum Gasteiger partial charge on any atom is 0.166 e. The Hall–Kier alpha value is -1.72. The third-order valence-corrected chi connectivity index (χ3v) is 3.46. The van der Waals surface area contributed by atoms with Gasteiger partial charge in [-0.05, 0) is 24.3 Å². The van der Waals surface area contributed by atoms with E-state index in [1.807, 2.05) is 24.3 Å². The van der Waals surface area contributed by atoms with Crippen LogP contribution in [0.2, 0.25) is 0 Å². The van der Waals surface area contributed by atoms with E-state index in [2.05, 4.69) is 13.8 Å². The molecule has 0 saturated carbocycles. The minimum Gasteiger partial charge on any atom is -0.504 e. The van der Waals surface area contributed by atoms with Crippen molar-refractivity contribution in [2.75, 3.05) is 34.0 Å². The van der Waals surface area contributed by atoms with Gasteiger partial charge in [0.1, 0.15) is 11.5 Å². The highest BCUT2D eigenvalue weighted by molar-refractivity contribution is 5.59. The molecule has 5 nitrogen and oxygen atoms in total. The molecule has 0 radical (unpaired) electrons. The van der Waals surface area contributed by atoms with E-state index in [0.29, 0.717) is 19.8 Å². The van der Waals surface area contributed by atoms with E-state index in [-0.39, 0.29) is 11.7 Å². The first-order chi connectivity index (χ1) is 10.6. The number of ether oxygens (including phenoxy) is 5. The molecule has 1 heterocycles. The van der Waals surface area contributed by atoms with Crippen LogP contribution in [0, 0.1) is 5.41 Å². The average molecular weight is 308 g/mol. The lowest BCUT2D eigenvalue weighted by molar-refractivity contribution is -0.131. The lowest BCUT2D eigenvalue weighted by atomic mass is 9.94. The van der Waals surface area contributed by atoms with Crippen LogP contribution in [0.4, 0.5) is 0 Å². The van der Waals surface area contributed by atoms with Gasteiger partial charge in [0.05, 0.1) is 40.3 Å². The maximum atomic E-state index is 5.99. The van der Waals surface area contributed by atoms with E-state index in [4.69, 9.17) is 23.7 Å². The zero-order chi connectivity index (χ0) is 16.0. The van der Waals surface area contributed by atoms with Crippen molar-refractivity contribution in [1.82, 2.24) is 0 Å². The second-order valence-corrected chi connectivity index (χ2v) is 5.79. The van der Waals surface area contributed by atoms with Gasteiger partial charge in [0.2, 0.25) is 0 Å². The fourth-order valence-electron chi connectivity index (χ4n) is 2.20. The van der Waals surface area contributed by atoms with Gasteiger partial charge in [0.15, 0.2) is 6.29 Å². The Morgan fingerprint density at radius 1 is 1.23 bits per heavy atom. The summed E-state index contributed by atoms with van der Waals surface area (Å²) >= 11 is 0. The zero-order valence-corrected chi connectivity index (χ0v) is 13.6. The van der Waals surface area contributed by atoms with Gasteiger partial charge in [0, 0.05) is 11.0 Å². The van der Waals surface area contributed by atoms with Crippen LogP contribution in [-0.2, 0) is 14.2 Å². The Bertz CT molecular complexity index is 504. The molecule has 1 saturated heterocycles. The van der Waals surface area contributed by atoms with Crippen molar-refractivity contribution < 1.29 is 23.7 Å². The lowest BCUT2D eigenvalue weighted by Crippen LogP contribution is -2.35. The quantitative estimate of drug-likeness (QED) is 0.724. The molecule has 0 amide bonds. The molecule has 1 aromatic carbocycles. The molecule has 0 atom stereocenters. The van der Waals surface area contributed by atoms with E-state index >= 15 is 0 Å². The maximum absolute atomic E-state index is 5.99. The van der Waals surface area contributed by atoms with Crippen LogP contribution in [-0.4, -0.2) is 40.3 Å². The first-order valence-electron chi connectivity index (χ1n) is 7.30. The molecule has 2 rings (SSSR count). The molecule has 0 aromatic heterocycles. The molecule has 0 bridgehead atoms. The summed E-state index contributed by atoms with van der Waals surface area (Å²) in [5.41, 5.74) is 0.656. The number of rotatable bonds is 7. The standard InChI is InChI=1S/C17H24O5/c1-17(2,16-20-9-10-21-16)12-22-15-6-5-14(19-4)11-13(15)7-8-18-3/h5-8,11,16H,9-10,12H2,1-4H3. The zero-order valence-electron chi connectivity index (χ0n) is 13.6. The van der Waals surface area contributed by atoms with Gasteiger partial charge in [-0.3, -0.25) is 0 Å². The SMILES string of the molecule is COC=Cc1cc(OC)ccc1OCC(C)(C)C1OCCO1. The van der Waals surface area contributed by atoms with Crippen LogP contribution in [0.1, 0.15) is 19.4 Å². The van der Waals surface area contributed by atoms with Crippen LogP contribution in [0.5, 0.6) is 11.5 Å². The summed E-state index contributed by atoms with van der Waals surface area (Å²) in [6.07, 6.45) is 3.22. The highest BCUT2D eigenvalue weighted by atomic mass is 16.7. The second-order valence-electron chi connectivity index (χ2n) is 5.79. The predicted octanol–water partition coefficient (Wildman–Crippen LogP) is 3.09. The molecule has 5 heteroatoms. The third kappa shape index (κ3) is 4.15. The topological polar surface area (TPSA) is 46.2 Å². The van der Waals surface area contributed by atoms with Gasteiger partial charge in [0.25, 0.3) is 0 Å². The summed E-state index contributed by atoms with van der Waals surface area (Å²) in [4.78, 5) is 0. The van der Waals surface area contributed by atoms with Crippen molar-refractivity contribution in [1.29, 1.82) is 0 Å². The summed E-state index contributed by atoms with van der Waals surface area (Å²) in [5.74, 6) is 1.53. The van der Waals surface area contributed by atoms with Crippen molar-refractivity contribution in [3.63, 3.8) is 0 Å². The Morgan fingerprint density at radius 2 is 1.95 bits per heavy atom. The first-order valence-corrected chi connectivity index (χ1v) is 7.30. The van der Waals surface area contributed by atoms with E-state index in [1.165, 1.54) is 0 Å². The second kappa shape index (κ2) is 7.51. The van der Waals surface area contributed by atoms with Gasteiger partial charge in [-0.15, -0.1) is 0 Å². The smallest absolute Gasteiger partial charge is 0.166 e. The van der Waals surface area contributed by atoms with Gasteiger partial charge >= 0.3 is 0 Å². The van der Waals surface area contributed by atoms with Crippen molar-refractivity contribution in [2.24, 2.45) is 5.41 Å². The van der Waals surface area contributed by atoms with Crippen LogP contribution in [0.25, 0.3) is 6.08 Å². The van der Waals surface area contributed by atoms with Gasteiger partial charge in [-0.2, -0.15) is 0 Å². The van der Waals surface area contributed by atoms with Crippen LogP contribution in [0.3, 0.4) is 0 Å². The van der Waals surface area contributed by atoms with Crippen molar-refractivity contribution in [2.45, 2.75) is 20.1 Å². The molecule has 0 unspecified atom stereocenters. The summed E-state index contributed by atoms with van der Waals surface area (Å²) in [6, 6.07) is 5.66. The molecule has 1 aliphatic rings. The van der Waals surface area contributed by atoms with Crippen molar-refractivity contribution in [3.05, 3.63) is 30.0 Å². The molecule has 1 aliphatic heterocycles. The summed E-state index contributed by atoms with van der Waals surface area (Å²) < 4.78 is 27.4. The molecular weight excluding hydrogens is 284 g/mol. The van der Waals surface area contributed by atoms with Crippen LogP contribution < -0.4 is 9.47 Å². The Balaban J connectivity index is 2.09. The molecule has 1 aromatic rings. The Morgan fingerprint density at radius 3 is 2.59 bits per heavy atom. The van der Waals surface area contributed by atoms with Crippen molar-refractivity contribution >= 4 is 6.08 Å². The molecular formula is C17H24O5. The first kappa shape index (κ1) is 16.6. The molecule has 22 heavy (non-hydrogen) atoms. The number of benzene rings is 1. The minimum absolute atomic E-state index is 0.233. The number of methoxy groups -OCH3 is 2. The van der Waals surface area contributed by atoms with Crippen LogP contribution >= 0.6 is 0 Å². The average Bonchev–Trinajstić information content (AvgIpc) is 3.06. The van der Waals surface area contributed by atoms with Crippen molar-refractivity contribution in [3.8, 4) is 11.5 Å². The molecule has 0 N–H and O–H groups in total. The predicted molar refractivity (Wildman–Crippen MR) is 84.0 cm³/mol. The van der Waals surface area contributed by atoms with E-state index in [1.54, 1.807) is 20.5 Å². The number of hydrogen-bond acceptors (Lipinski definition) is 5. The van der Waals surface area contributed by atoms with E-state index in [0.717, 1.165) is 17.1 Å². The monoisotopic (exact) mass is 308 g/mol. The van der Waals surface area contributed by atoms with Gasteiger partial charge in [-0.25, -0.2) is 0 Å². The summed E-state index contributed by atoms with van der Waals surface area (Å²) in [5, 5.41) is 0. The minimum atomic E-state index is -0.237. The van der Waals surface area contributed by atoms with E-state index in [9.17, 15) is 0 Å². The largest absolute Gasteiger partial charge is 0.504 e. The fraction of sp³-hybridized carbons (Fsp3) is 0.529. The fourth-order valence-corrected chi connectivity index (χ4v) is 2.20. The molecule has 0 aliphatic carbocycles. The van der Waals surface area contributed by atoms with E-state index < -0.39 is 0 Å². The normalized spacial score (nSPS) is 16.2. The van der Waals surface area contributed by atoms with Gasteiger partial charge in [-0.1, -0.05) is 13.8 Å². The third-order valence-electron chi connectivity index (χ3n) is 3.46. The summed E-state index contributed by atoms with van der Waals surface area (Å²) in [6.45, 7) is 5.89. The number of hydrogen-bond donors (Lipinski definition) is 0. The molecule has 1 fully saturated rings. The van der Waals surface area contributed by atoms with Crippen LogP contribution in [0.15, 0.2) is 24.5 Å². The Labute approximate surface area is 131 Å². The Kier molecular flexibility index (Phi) is 5.69. The molecule has 122 valence electrons.